The fourth-order valence-corrected chi connectivity index (χ4v) is 1.10. The molecule has 1 aromatic rings. The second-order valence-corrected chi connectivity index (χ2v) is 3.32. The van der Waals surface area contributed by atoms with Crippen LogP contribution in [0.4, 0.5) is 0 Å². The predicted octanol–water partition coefficient (Wildman–Crippen LogP) is 1.35. The molecule has 0 heterocycles. The van der Waals surface area contributed by atoms with E-state index in [0.717, 1.165) is 5.56 Å². The lowest BCUT2D eigenvalue weighted by molar-refractivity contribution is -0.167. The SMILES string of the molecule is CCC(N)(OCc1ccccc1)C(=O)O. The molecular weight excluding hydrogens is 194 g/mol. The summed E-state index contributed by atoms with van der Waals surface area (Å²) in [5.74, 6) is -1.14. The molecule has 1 aromatic carbocycles. The molecule has 0 aliphatic rings. The quantitative estimate of drug-likeness (QED) is 0.718. The molecular formula is C11H15NO3. The minimum absolute atomic E-state index is 0.206. The molecule has 0 aliphatic heterocycles. The maximum Gasteiger partial charge on any atom is 0.351 e. The first kappa shape index (κ1) is 11.7. The van der Waals surface area contributed by atoms with Crippen LogP contribution in [0.25, 0.3) is 0 Å². The Morgan fingerprint density at radius 2 is 2.07 bits per heavy atom. The van der Waals surface area contributed by atoms with E-state index < -0.39 is 11.7 Å². The molecule has 0 aromatic heterocycles. The predicted molar refractivity (Wildman–Crippen MR) is 56.1 cm³/mol. The highest BCUT2D eigenvalue weighted by atomic mass is 16.5. The van der Waals surface area contributed by atoms with E-state index in [9.17, 15) is 4.79 Å². The monoisotopic (exact) mass is 209 g/mol. The minimum atomic E-state index is -1.59. The van der Waals surface area contributed by atoms with Crippen LogP contribution in [-0.2, 0) is 16.1 Å². The zero-order chi connectivity index (χ0) is 11.3. The first-order valence-electron chi connectivity index (χ1n) is 4.78. The molecule has 3 N–H and O–H groups in total. The number of carbonyl (C=O) groups is 1. The summed E-state index contributed by atoms with van der Waals surface area (Å²) < 4.78 is 5.20. The van der Waals surface area contributed by atoms with Gasteiger partial charge in [-0.05, 0) is 12.0 Å². The molecule has 4 heteroatoms. The third-order valence-electron chi connectivity index (χ3n) is 2.23. The van der Waals surface area contributed by atoms with Crippen molar-refractivity contribution >= 4 is 5.97 Å². The topological polar surface area (TPSA) is 72.5 Å². The van der Waals surface area contributed by atoms with Gasteiger partial charge in [-0.25, -0.2) is 4.79 Å². The van der Waals surface area contributed by atoms with Crippen molar-refractivity contribution in [3.63, 3.8) is 0 Å². The molecule has 0 aliphatic carbocycles. The van der Waals surface area contributed by atoms with Gasteiger partial charge in [0.1, 0.15) is 0 Å². The first-order valence-corrected chi connectivity index (χ1v) is 4.78. The number of nitrogens with two attached hydrogens (primary N) is 1. The average molecular weight is 209 g/mol. The van der Waals surface area contributed by atoms with Gasteiger partial charge >= 0.3 is 5.97 Å². The Kier molecular flexibility index (Phi) is 3.82. The number of hydrogen-bond donors (Lipinski definition) is 2. The van der Waals surface area contributed by atoms with Crippen molar-refractivity contribution in [2.75, 3.05) is 0 Å². The number of carboxylic acids is 1. The van der Waals surface area contributed by atoms with Gasteiger partial charge in [0.2, 0.25) is 5.72 Å². The van der Waals surface area contributed by atoms with Gasteiger partial charge in [0, 0.05) is 0 Å². The van der Waals surface area contributed by atoms with Crippen LogP contribution in [0.15, 0.2) is 30.3 Å². The number of aliphatic carboxylic acids is 1. The summed E-state index contributed by atoms with van der Waals surface area (Å²) in [5.41, 5.74) is 4.88. The number of carboxylic acid groups (broad SMARTS) is 1. The Labute approximate surface area is 88.7 Å². The average Bonchev–Trinajstić information content (AvgIpc) is 2.27. The summed E-state index contributed by atoms with van der Waals surface area (Å²) in [6, 6.07) is 9.33. The van der Waals surface area contributed by atoms with Crippen molar-refractivity contribution in [3.8, 4) is 0 Å². The van der Waals surface area contributed by atoms with E-state index in [2.05, 4.69) is 0 Å². The van der Waals surface area contributed by atoms with Crippen molar-refractivity contribution in [2.45, 2.75) is 25.7 Å². The normalized spacial score (nSPS) is 14.5. The number of rotatable bonds is 5. The molecule has 0 radical (unpaired) electrons. The molecule has 0 amide bonds. The Bertz CT molecular complexity index is 326. The van der Waals surface area contributed by atoms with Crippen LogP contribution in [0.5, 0.6) is 0 Å². The summed E-state index contributed by atoms with van der Waals surface area (Å²) in [6.07, 6.45) is 0.231. The van der Waals surface area contributed by atoms with E-state index in [4.69, 9.17) is 15.6 Å². The Balaban J connectivity index is 2.59. The van der Waals surface area contributed by atoms with Gasteiger partial charge in [-0.15, -0.1) is 0 Å². The molecule has 0 saturated carbocycles. The largest absolute Gasteiger partial charge is 0.478 e. The summed E-state index contributed by atoms with van der Waals surface area (Å²) in [6.45, 7) is 1.89. The van der Waals surface area contributed by atoms with Crippen LogP contribution in [0.3, 0.4) is 0 Å². The second-order valence-electron chi connectivity index (χ2n) is 3.32. The Morgan fingerprint density at radius 1 is 1.47 bits per heavy atom. The molecule has 15 heavy (non-hydrogen) atoms. The van der Waals surface area contributed by atoms with Crippen molar-refractivity contribution in [1.29, 1.82) is 0 Å². The minimum Gasteiger partial charge on any atom is -0.478 e. The van der Waals surface area contributed by atoms with Crippen LogP contribution in [0.1, 0.15) is 18.9 Å². The first-order chi connectivity index (χ1) is 7.08. The van der Waals surface area contributed by atoms with Crippen molar-refractivity contribution in [2.24, 2.45) is 5.73 Å². The molecule has 82 valence electrons. The van der Waals surface area contributed by atoms with Gasteiger partial charge < -0.3 is 9.84 Å². The summed E-state index contributed by atoms with van der Waals surface area (Å²) in [5, 5.41) is 8.86. The Hall–Kier alpha value is -1.39. The molecule has 0 spiro atoms. The number of hydrogen-bond acceptors (Lipinski definition) is 3. The fraction of sp³-hybridized carbons (Fsp3) is 0.364. The molecule has 1 atom stereocenters. The van der Waals surface area contributed by atoms with E-state index in [0.29, 0.717) is 0 Å². The summed E-state index contributed by atoms with van der Waals surface area (Å²) in [7, 11) is 0. The van der Waals surface area contributed by atoms with Crippen LogP contribution in [-0.4, -0.2) is 16.8 Å². The zero-order valence-corrected chi connectivity index (χ0v) is 8.64. The van der Waals surface area contributed by atoms with Crippen molar-refractivity contribution < 1.29 is 14.6 Å². The van der Waals surface area contributed by atoms with Gasteiger partial charge in [-0.3, -0.25) is 5.73 Å². The van der Waals surface area contributed by atoms with Crippen LogP contribution < -0.4 is 5.73 Å². The van der Waals surface area contributed by atoms with Crippen molar-refractivity contribution in [1.82, 2.24) is 0 Å². The molecule has 0 saturated heterocycles. The van der Waals surface area contributed by atoms with Crippen LogP contribution >= 0.6 is 0 Å². The van der Waals surface area contributed by atoms with Gasteiger partial charge in [0.15, 0.2) is 0 Å². The van der Waals surface area contributed by atoms with E-state index in [1.807, 2.05) is 30.3 Å². The summed E-state index contributed by atoms with van der Waals surface area (Å²) in [4.78, 5) is 10.8. The molecule has 0 fully saturated rings. The maximum atomic E-state index is 10.8. The number of benzene rings is 1. The lowest BCUT2D eigenvalue weighted by Crippen LogP contribution is -2.49. The molecule has 1 rings (SSSR count). The third-order valence-corrected chi connectivity index (χ3v) is 2.23. The van der Waals surface area contributed by atoms with Crippen LogP contribution in [0, 0.1) is 0 Å². The zero-order valence-electron chi connectivity index (χ0n) is 8.64. The van der Waals surface area contributed by atoms with Gasteiger partial charge in [-0.2, -0.15) is 0 Å². The van der Waals surface area contributed by atoms with E-state index in [1.165, 1.54) is 0 Å². The van der Waals surface area contributed by atoms with E-state index in [1.54, 1.807) is 6.92 Å². The van der Waals surface area contributed by atoms with E-state index in [-0.39, 0.29) is 13.0 Å². The second kappa shape index (κ2) is 4.91. The van der Waals surface area contributed by atoms with E-state index >= 15 is 0 Å². The number of ether oxygens (including phenoxy) is 1. The highest BCUT2D eigenvalue weighted by Gasteiger charge is 2.32. The summed E-state index contributed by atoms with van der Waals surface area (Å²) >= 11 is 0. The molecule has 4 nitrogen and oxygen atoms in total. The Morgan fingerprint density at radius 3 is 2.53 bits per heavy atom. The van der Waals surface area contributed by atoms with Gasteiger partial charge in [0.05, 0.1) is 6.61 Å². The lowest BCUT2D eigenvalue weighted by Gasteiger charge is -2.23. The fourth-order valence-electron chi connectivity index (χ4n) is 1.10. The smallest absolute Gasteiger partial charge is 0.351 e. The highest BCUT2D eigenvalue weighted by molar-refractivity contribution is 5.76. The van der Waals surface area contributed by atoms with Crippen LogP contribution in [0.2, 0.25) is 0 Å². The lowest BCUT2D eigenvalue weighted by atomic mass is 10.1. The third kappa shape index (κ3) is 3.04. The standard InChI is InChI=1S/C11H15NO3/c1-2-11(12,10(13)14)15-8-9-6-4-3-5-7-9/h3-7H,2,8,12H2,1H3,(H,13,14). The molecule has 0 bridgehead atoms. The maximum absolute atomic E-state index is 10.8. The highest BCUT2D eigenvalue weighted by Crippen LogP contribution is 2.12. The van der Waals surface area contributed by atoms with Gasteiger partial charge in [0.25, 0.3) is 0 Å². The van der Waals surface area contributed by atoms with Gasteiger partial charge in [-0.1, -0.05) is 37.3 Å². The molecule has 1 unspecified atom stereocenters. The van der Waals surface area contributed by atoms with Crippen molar-refractivity contribution in [3.05, 3.63) is 35.9 Å².